The van der Waals surface area contributed by atoms with Crippen LogP contribution < -0.4 is 10.0 Å². The highest BCUT2D eigenvalue weighted by molar-refractivity contribution is 7.89. The second kappa shape index (κ2) is 8.96. The van der Waals surface area contributed by atoms with E-state index in [0.717, 1.165) is 5.39 Å². The van der Waals surface area contributed by atoms with Crippen LogP contribution in [0.2, 0.25) is 0 Å². The van der Waals surface area contributed by atoms with Crippen molar-refractivity contribution in [3.63, 3.8) is 0 Å². The molecule has 1 unspecified atom stereocenters. The van der Waals surface area contributed by atoms with E-state index in [1.54, 1.807) is 18.2 Å². The molecule has 0 heterocycles. The van der Waals surface area contributed by atoms with Crippen LogP contribution in [0.15, 0.2) is 47.4 Å². The van der Waals surface area contributed by atoms with Crippen LogP contribution in [0.5, 0.6) is 0 Å². The van der Waals surface area contributed by atoms with Gasteiger partial charge < -0.3 is 10.1 Å². The molecule has 27 heavy (non-hydrogen) atoms. The lowest BCUT2D eigenvalue weighted by molar-refractivity contribution is -0.145. The SMILES string of the molecule is COC(=O)C(CC(C)C)NC(=O)CNS(=O)(=O)c1cccc2ccccc12. The van der Waals surface area contributed by atoms with Crippen molar-refractivity contribution in [2.45, 2.75) is 31.2 Å². The molecule has 0 spiro atoms. The summed E-state index contributed by atoms with van der Waals surface area (Å²) in [5, 5.41) is 3.87. The van der Waals surface area contributed by atoms with Crippen LogP contribution in [-0.2, 0) is 24.3 Å². The first-order valence-electron chi connectivity index (χ1n) is 8.59. The number of hydrogen-bond acceptors (Lipinski definition) is 5. The number of sulfonamides is 1. The van der Waals surface area contributed by atoms with Crippen molar-refractivity contribution in [2.24, 2.45) is 5.92 Å². The maximum atomic E-state index is 12.6. The van der Waals surface area contributed by atoms with Crippen LogP contribution >= 0.6 is 0 Å². The van der Waals surface area contributed by atoms with E-state index >= 15 is 0 Å². The summed E-state index contributed by atoms with van der Waals surface area (Å²) in [6.07, 6.45) is 0.397. The van der Waals surface area contributed by atoms with E-state index in [2.05, 4.69) is 14.8 Å². The van der Waals surface area contributed by atoms with Crippen LogP contribution in [0, 0.1) is 5.92 Å². The lowest BCUT2D eigenvalue weighted by Crippen LogP contribution is -2.46. The van der Waals surface area contributed by atoms with Gasteiger partial charge in [0.2, 0.25) is 15.9 Å². The molecule has 0 radical (unpaired) electrons. The average molecular weight is 392 g/mol. The maximum Gasteiger partial charge on any atom is 0.328 e. The minimum atomic E-state index is -3.89. The molecule has 0 saturated carbocycles. The third-order valence-corrected chi connectivity index (χ3v) is 5.45. The summed E-state index contributed by atoms with van der Waals surface area (Å²) >= 11 is 0. The molecular weight excluding hydrogens is 368 g/mol. The van der Waals surface area contributed by atoms with Gasteiger partial charge in [-0.25, -0.2) is 17.9 Å². The van der Waals surface area contributed by atoms with Gasteiger partial charge in [0, 0.05) is 5.39 Å². The van der Waals surface area contributed by atoms with Crippen molar-refractivity contribution in [2.75, 3.05) is 13.7 Å². The van der Waals surface area contributed by atoms with Crippen LogP contribution in [0.4, 0.5) is 0 Å². The monoisotopic (exact) mass is 392 g/mol. The fourth-order valence-electron chi connectivity index (χ4n) is 2.74. The number of carbonyl (C=O) groups is 2. The largest absolute Gasteiger partial charge is 0.467 e. The molecule has 0 aliphatic carbocycles. The van der Waals surface area contributed by atoms with Crippen molar-refractivity contribution in [1.82, 2.24) is 10.0 Å². The maximum absolute atomic E-state index is 12.6. The Bertz CT molecular complexity index is 919. The topological polar surface area (TPSA) is 102 Å². The van der Waals surface area contributed by atoms with Gasteiger partial charge in [-0.1, -0.05) is 50.2 Å². The van der Waals surface area contributed by atoms with Gasteiger partial charge in [-0.15, -0.1) is 0 Å². The molecule has 0 aliphatic rings. The predicted molar refractivity (Wildman–Crippen MR) is 103 cm³/mol. The summed E-state index contributed by atoms with van der Waals surface area (Å²) in [4.78, 5) is 24.0. The number of rotatable bonds is 8. The molecular formula is C19H24N2O5S. The summed E-state index contributed by atoms with van der Waals surface area (Å²) in [5.74, 6) is -1.01. The summed E-state index contributed by atoms with van der Waals surface area (Å²) in [6, 6.07) is 11.2. The number of esters is 1. The molecule has 0 aromatic heterocycles. The van der Waals surface area contributed by atoms with E-state index in [1.165, 1.54) is 13.2 Å². The number of methoxy groups -OCH3 is 1. The second-order valence-electron chi connectivity index (χ2n) is 6.57. The standard InChI is InChI=1S/C19H24N2O5S/c1-13(2)11-16(19(23)26-3)21-18(22)12-20-27(24,25)17-10-6-8-14-7-4-5-9-15(14)17/h4-10,13,16,20H,11-12H2,1-3H3,(H,21,22). The Balaban J connectivity index is 2.09. The Morgan fingerprint density at radius 3 is 2.41 bits per heavy atom. The Labute approximate surface area is 159 Å². The lowest BCUT2D eigenvalue weighted by atomic mass is 10.0. The highest BCUT2D eigenvalue weighted by Crippen LogP contribution is 2.22. The Morgan fingerprint density at radius 2 is 1.74 bits per heavy atom. The van der Waals surface area contributed by atoms with Gasteiger partial charge in [0.25, 0.3) is 0 Å². The molecule has 0 fully saturated rings. The summed E-state index contributed by atoms with van der Waals surface area (Å²) in [7, 11) is -2.65. The Morgan fingerprint density at radius 1 is 1.07 bits per heavy atom. The molecule has 2 aromatic carbocycles. The van der Waals surface area contributed by atoms with E-state index in [-0.39, 0.29) is 10.8 Å². The Hall–Kier alpha value is -2.45. The number of amides is 1. The summed E-state index contributed by atoms with van der Waals surface area (Å²) in [5.41, 5.74) is 0. The number of benzene rings is 2. The normalized spacial score (nSPS) is 12.7. The average Bonchev–Trinajstić information content (AvgIpc) is 2.64. The second-order valence-corrected chi connectivity index (χ2v) is 8.31. The van der Waals surface area contributed by atoms with Crippen LogP contribution in [0.1, 0.15) is 20.3 Å². The molecule has 2 rings (SSSR count). The zero-order valence-corrected chi connectivity index (χ0v) is 16.4. The number of carbonyl (C=O) groups excluding carboxylic acids is 2. The van der Waals surface area contributed by atoms with E-state index in [1.807, 2.05) is 32.0 Å². The van der Waals surface area contributed by atoms with Gasteiger partial charge in [0.05, 0.1) is 18.6 Å². The molecule has 0 aliphatic heterocycles. The van der Waals surface area contributed by atoms with Crippen molar-refractivity contribution >= 4 is 32.7 Å². The third-order valence-electron chi connectivity index (χ3n) is 3.99. The molecule has 1 atom stereocenters. The van der Waals surface area contributed by atoms with Crippen molar-refractivity contribution in [1.29, 1.82) is 0 Å². The van der Waals surface area contributed by atoms with Crippen molar-refractivity contribution in [3.8, 4) is 0 Å². The highest BCUT2D eigenvalue weighted by Gasteiger charge is 2.24. The fraction of sp³-hybridized carbons (Fsp3) is 0.368. The van der Waals surface area contributed by atoms with E-state index < -0.39 is 34.5 Å². The molecule has 0 saturated heterocycles. The van der Waals surface area contributed by atoms with Gasteiger partial charge in [-0.05, 0) is 23.8 Å². The third kappa shape index (κ3) is 5.51. The Kier molecular flexibility index (Phi) is 6.92. The first-order chi connectivity index (χ1) is 12.7. The molecule has 2 N–H and O–H groups in total. The first-order valence-corrected chi connectivity index (χ1v) is 10.1. The van der Waals surface area contributed by atoms with Crippen LogP contribution in [0.25, 0.3) is 10.8 Å². The minimum absolute atomic E-state index is 0.0973. The molecule has 0 bridgehead atoms. The van der Waals surface area contributed by atoms with Gasteiger partial charge >= 0.3 is 5.97 Å². The van der Waals surface area contributed by atoms with Crippen LogP contribution in [-0.4, -0.2) is 40.0 Å². The van der Waals surface area contributed by atoms with Crippen molar-refractivity contribution in [3.05, 3.63) is 42.5 Å². The first kappa shape index (κ1) is 20.9. The molecule has 8 heteroatoms. The van der Waals surface area contributed by atoms with E-state index in [0.29, 0.717) is 11.8 Å². The number of hydrogen-bond donors (Lipinski definition) is 2. The number of fused-ring (bicyclic) bond motifs is 1. The van der Waals surface area contributed by atoms with E-state index in [9.17, 15) is 18.0 Å². The number of ether oxygens (including phenoxy) is 1. The van der Waals surface area contributed by atoms with Gasteiger partial charge in [0.15, 0.2) is 0 Å². The quantitative estimate of drug-likeness (QED) is 0.668. The highest BCUT2D eigenvalue weighted by atomic mass is 32.2. The molecule has 2 aromatic rings. The zero-order valence-electron chi connectivity index (χ0n) is 15.6. The summed E-state index contributed by atoms with van der Waals surface area (Å²) in [6.45, 7) is 3.34. The van der Waals surface area contributed by atoms with Crippen molar-refractivity contribution < 1.29 is 22.7 Å². The van der Waals surface area contributed by atoms with Gasteiger partial charge in [0.1, 0.15) is 6.04 Å². The molecule has 1 amide bonds. The van der Waals surface area contributed by atoms with Gasteiger partial charge in [-0.2, -0.15) is 0 Å². The molecule has 146 valence electrons. The number of nitrogens with one attached hydrogen (secondary N) is 2. The lowest BCUT2D eigenvalue weighted by Gasteiger charge is -2.18. The molecule has 7 nitrogen and oxygen atoms in total. The minimum Gasteiger partial charge on any atom is -0.467 e. The smallest absolute Gasteiger partial charge is 0.328 e. The van der Waals surface area contributed by atoms with Gasteiger partial charge in [-0.3, -0.25) is 4.79 Å². The van der Waals surface area contributed by atoms with E-state index in [4.69, 9.17) is 0 Å². The predicted octanol–water partition coefficient (Wildman–Crippen LogP) is 1.82. The zero-order chi connectivity index (χ0) is 20.0. The van der Waals surface area contributed by atoms with Crippen LogP contribution in [0.3, 0.4) is 0 Å². The fourth-order valence-corrected chi connectivity index (χ4v) is 3.95. The summed E-state index contributed by atoms with van der Waals surface area (Å²) < 4.78 is 32.2.